The van der Waals surface area contributed by atoms with Crippen LogP contribution in [0.15, 0.2) is 67.4 Å². The quantitative estimate of drug-likeness (QED) is 0.293. The second kappa shape index (κ2) is 14.4. The number of aromatic nitrogens is 2. The third-order valence-corrected chi connectivity index (χ3v) is 7.41. The van der Waals surface area contributed by atoms with Gasteiger partial charge in [0.2, 0.25) is 11.8 Å². The number of hydrogen-bond acceptors (Lipinski definition) is 7. The van der Waals surface area contributed by atoms with Crippen LogP contribution in [0.5, 0.6) is 5.88 Å². The molecule has 0 unspecified atom stereocenters. The van der Waals surface area contributed by atoms with Crippen LogP contribution >= 0.6 is 0 Å². The zero-order chi connectivity index (χ0) is 30.1. The molecule has 0 N–H and O–H groups in total. The van der Waals surface area contributed by atoms with Gasteiger partial charge >= 0.3 is 0 Å². The van der Waals surface area contributed by atoms with Crippen molar-refractivity contribution in [3.63, 3.8) is 0 Å². The van der Waals surface area contributed by atoms with Crippen LogP contribution in [-0.2, 0) is 4.79 Å². The van der Waals surface area contributed by atoms with Crippen LogP contribution in [0.25, 0.3) is 32.9 Å². The number of fused-ring (bicyclic) bond motifs is 2. The maximum atomic E-state index is 14.7. The number of piperazine rings is 1. The van der Waals surface area contributed by atoms with Gasteiger partial charge in [0.15, 0.2) is 0 Å². The predicted octanol–water partition coefficient (Wildman–Crippen LogP) is 5.67. The van der Waals surface area contributed by atoms with Gasteiger partial charge in [-0.2, -0.15) is 5.26 Å². The molecule has 9 heteroatoms. The Kier molecular flexibility index (Phi) is 10.4. The number of carbonyl (C=O) groups is 1. The van der Waals surface area contributed by atoms with E-state index in [1.165, 1.54) is 45.0 Å². The fraction of sp³-hybridized carbons (Fsp3) is 0.333. The summed E-state index contributed by atoms with van der Waals surface area (Å²) in [5.74, 6) is 0.150. The zero-order valence-electron chi connectivity index (χ0n) is 24.5. The Hall–Kier alpha value is -4.55. The van der Waals surface area contributed by atoms with Gasteiger partial charge < -0.3 is 19.4 Å². The van der Waals surface area contributed by atoms with E-state index in [1.807, 2.05) is 36.4 Å². The lowest BCUT2D eigenvalue weighted by molar-refractivity contribution is -0.126. The molecule has 0 atom stereocenters. The number of anilines is 1. The summed E-state index contributed by atoms with van der Waals surface area (Å²) < 4.78 is 20.2. The third-order valence-electron chi connectivity index (χ3n) is 7.41. The molecule has 2 aromatic carbocycles. The molecule has 8 nitrogen and oxygen atoms in total. The highest BCUT2D eigenvalue weighted by atomic mass is 19.1. The Bertz CT molecular complexity index is 1580. The monoisotopic (exact) mass is 568 g/mol. The number of methoxy groups -OCH3 is 1. The molecule has 2 fully saturated rings. The number of amides is 1. The molecule has 2 aliphatic rings. The van der Waals surface area contributed by atoms with Gasteiger partial charge in [-0.05, 0) is 62.1 Å². The summed E-state index contributed by atoms with van der Waals surface area (Å²) in [6, 6.07) is 16.3. The van der Waals surface area contributed by atoms with Gasteiger partial charge in [0.25, 0.3) is 0 Å². The van der Waals surface area contributed by atoms with E-state index < -0.39 is 0 Å². The fourth-order valence-corrected chi connectivity index (χ4v) is 5.27. The van der Waals surface area contributed by atoms with Crippen molar-refractivity contribution in [1.82, 2.24) is 19.8 Å². The molecule has 218 valence electrons. The van der Waals surface area contributed by atoms with E-state index in [9.17, 15) is 9.18 Å². The maximum Gasteiger partial charge on any atom is 0.246 e. The van der Waals surface area contributed by atoms with E-state index in [2.05, 4.69) is 28.4 Å². The first-order valence-corrected chi connectivity index (χ1v) is 14.1. The van der Waals surface area contributed by atoms with Gasteiger partial charge in [-0.25, -0.2) is 9.37 Å². The molecule has 2 aromatic heterocycles. The summed E-state index contributed by atoms with van der Waals surface area (Å²) in [4.78, 5) is 27.6. The number of halogens is 1. The molecule has 4 heterocycles. The smallest absolute Gasteiger partial charge is 0.246 e. The van der Waals surface area contributed by atoms with Crippen molar-refractivity contribution in [2.45, 2.75) is 19.8 Å². The molecule has 2 saturated heterocycles. The molecule has 6 rings (SSSR count). The Labute approximate surface area is 246 Å². The summed E-state index contributed by atoms with van der Waals surface area (Å²) in [7, 11) is 3.75. The van der Waals surface area contributed by atoms with Gasteiger partial charge in [-0.1, -0.05) is 36.9 Å². The Morgan fingerprint density at radius 2 is 1.74 bits per heavy atom. The van der Waals surface area contributed by atoms with E-state index in [-0.39, 0.29) is 11.7 Å². The number of ether oxygens (including phenoxy) is 1. The number of nitriles is 1. The lowest BCUT2D eigenvalue weighted by Crippen LogP contribution is -2.48. The number of hydrogen-bond donors (Lipinski definition) is 0. The van der Waals surface area contributed by atoms with E-state index >= 15 is 0 Å². The van der Waals surface area contributed by atoms with Crippen LogP contribution in [0.3, 0.4) is 0 Å². The zero-order valence-corrected chi connectivity index (χ0v) is 24.5. The van der Waals surface area contributed by atoms with Gasteiger partial charge in [0.05, 0.1) is 24.4 Å². The number of pyridine rings is 2. The summed E-state index contributed by atoms with van der Waals surface area (Å²) in [6.07, 6.45) is 5.94. The average molecular weight is 569 g/mol. The number of nitrogens with zero attached hydrogens (tertiary/aromatic N) is 6. The lowest BCUT2D eigenvalue weighted by atomic mass is 9.98. The van der Waals surface area contributed by atoms with Crippen molar-refractivity contribution in [3.8, 4) is 23.1 Å². The lowest BCUT2D eigenvalue weighted by Gasteiger charge is -2.36. The first-order valence-electron chi connectivity index (χ1n) is 14.1. The summed E-state index contributed by atoms with van der Waals surface area (Å²) >= 11 is 0. The van der Waals surface area contributed by atoms with E-state index in [0.29, 0.717) is 43.0 Å². The van der Waals surface area contributed by atoms with Crippen LogP contribution in [0.1, 0.15) is 19.8 Å². The van der Waals surface area contributed by atoms with Gasteiger partial charge in [-0.15, -0.1) is 0 Å². The molecule has 4 aromatic rings. The highest BCUT2D eigenvalue weighted by molar-refractivity contribution is 5.99. The predicted molar refractivity (Wildman–Crippen MR) is 166 cm³/mol. The van der Waals surface area contributed by atoms with Crippen molar-refractivity contribution in [3.05, 3.63) is 73.2 Å². The van der Waals surface area contributed by atoms with Crippen molar-refractivity contribution < 1.29 is 13.9 Å². The highest BCUT2D eigenvalue weighted by Gasteiger charge is 2.23. The molecule has 0 saturated carbocycles. The minimum absolute atomic E-state index is 0.0584. The van der Waals surface area contributed by atoms with Crippen LogP contribution in [0.2, 0.25) is 0 Å². The first kappa shape index (κ1) is 30.4. The third kappa shape index (κ3) is 7.01. The topological polar surface area (TPSA) is 85.6 Å². The largest absolute Gasteiger partial charge is 0.481 e. The Morgan fingerprint density at radius 3 is 2.33 bits per heavy atom. The number of rotatable bonds is 4. The van der Waals surface area contributed by atoms with Crippen LogP contribution in [0, 0.1) is 17.1 Å². The van der Waals surface area contributed by atoms with E-state index in [4.69, 9.17) is 15.0 Å². The van der Waals surface area contributed by atoms with Gasteiger partial charge in [-0.3, -0.25) is 9.78 Å². The van der Waals surface area contributed by atoms with Crippen molar-refractivity contribution >= 4 is 33.4 Å². The van der Waals surface area contributed by atoms with Crippen LogP contribution in [0.4, 0.5) is 10.1 Å². The minimum atomic E-state index is -0.269. The standard InChI is InChI=1S/C26H23FN4O2.C5H11N.C2H3N/c1-3-24(32)31-12-10-30(11-13-31)22-15-23(33-2)29-21-14-18(16-28-26(21)22)19-8-4-6-17-7-5-9-20(27)25(17)19;1-6-4-2-3-5-6;1-2-3/h3-9,14-16H,1,10-13H2,2H3;2-5H2,1H3;1H3. The number of benzene rings is 2. The molecule has 42 heavy (non-hydrogen) atoms. The molecule has 1 amide bonds. The van der Waals surface area contributed by atoms with Crippen LogP contribution < -0.4 is 9.64 Å². The SMILES string of the molecule is C=CC(=O)N1CCN(c2cc(OC)nc3cc(-c4cccc5cccc(F)c45)cnc23)CC1.CC#N.CN1CCCC1. The molecule has 0 radical (unpaired) electrons. The normalized spacial score (nSPS) is 14.8. The number of carbonyl (C=O) groups excluding carboxylic acids is 1. The van der Waals surface area contributed by atoms with Crippen molar-refractivity contribution in [1.29, 1.82) is 5.26 Å². The second-order valence-corrected chi connectivity index (χ2v) is 10.2. The summed E-state index contributed by atoms with van der Waals surface area (Å²) in [6.45, 7) is 10.2. The van der Waals surface area contributed by atoms with Crippen LogP contribution in [-0.4, -0.2) is 79.1 Å². The number of likely N-dealkylation sites (tertiary alicyclic amines) is 1. The Morgan fingerprint density at radius 1 is 1.07 bits per heavy atom. The molecular formula is C33H37FN6O2. The molecular weight excluding hydrogens is 531 g/mol. The van der Waals surface area contributed by atoms with Gasteiger partial charge in [0, 0.05) is 56.3 Å². The molecule has 2 aliphatic heterocycles. The van der Waals surface area contributed by atoms with E-state index in [0.717, 1.165) is 27.7 Å². The highest BCUT2D eigenvalue weighted by Crippen LogP contribution is 2.34. The molecule has 0 aliphatic carbocycles. The first-order chi connectivity index (χ1) is 20.4. The molecule has 0 spiro atoms. The minimum Gasteiger partial charge on any atom is -0.481 e. The Balaban J connectivity index is 0.000000390. The van der Waals surface area contributed by atoms with Crippen molar-refractivity contribution in [2.24, 2.45) is 0 Å². The summed E-state index contributed by atoms with van der Waals surface area (Å²) in [5.41, 5.74) is 3.86. The maximum absolute atomic E-state index is 14.7. The second-order valence-electron chi connectivity index (χ2n) is 10.2. The fourth-order valence-electron chi connectivity index (χ4n) is 5.27. The van der Waals surface area contributed by atoms with E-state index in [1.54, 1.807) is 30.3 Å². The average Bonchev–Trinajstić information content (AvgIpc) is 3.51. The summed E-state index contributed by atoms with van der Waals surface area (Å²) in [5, 5.41) is 8.71. The van der Waals surface area contributed by atoms with Gasteiger partial charge in [0.1, 0.15) is 11.3 Å². The molecule has 0 bridgehead atoms. The van der Waals surface area contributed by atoms with Crippen molar-refractivity contribution in [2.75, 3.05) is 58.3 Å².